The topological polar surface area (TPSA) is 50.8 Å². The largest absolute Gasteiger partial charge is 0.493 e. The molecule has 0 unspecified atom stereocenters. The third-order valence-electron chi connectivity index (χ3n) is 5.06. The number of amides is 1. The van der Waals surface area contributed by atoms with Crippen molar-refractivity contribution >= 4 is 5.91 Å². The number of hydrogen-bond donors (Lipinski definition) is 1. The summed E-state index contributed by atoms with van der Waals surface area (Å²) in [5, 5.41) is 3.34. The molecule has 0 spiro atoms. The first kappa shape index (κ1) is 18.2. The van der Waals surface area contributed by atoms with Crippen molar-refractivity contribution in [2.24, 2.45) is 0 Å². The highest BCUT2D eigenvalue weighted by Gasteiger charge is 2.20. The molecule has 0 aliphatic carbocycles. The van der Waals surface area contributed by atoms with Gasteiger partial charge in [-0.3, -0.25) is 4.79 Å². The number of benzene rings is 1. The van der Waals surface area contributed by atoms with Gasteiger partial charge in [-0.1, -0.05) is 6.07 Å². The summed E-state index contributed by atoms with van der Waals surface area (Å²) in [6, 6.07) is 6.03. The summed E-state index contributed by atoms with van der Waals surface area (Å²) in [5.74, 6) is 1.11. The SMILES string of the molecule is Cc1cc(OCCCOC2CCNCC2)ccc1CC(=O)N1CCC1. The van der Waals surface area contributed by atoms with Gasteiger partial charge in [0, 0.05) is 19.5 Å². The van der Waals surface area contributed by atoms with Crippen LogP contribution in [0.2, 0.25) is 0 Å². The lowest BCUT2D eigenvalue weighted by atomic mass is 10.0. The lowest BCUT2D eigenvalue weighted by Crippen LogP contribution is -2.42. The summed E-state index contributed by atoms with van der Waals surface area (Å²) in [7, 11) is 0. The maximum atomic E-state index is 12.1. The summed E-state index contributed by atoms with van der Waals surface area (Å²) in [6.45, 7) is 7.42. The minimum atomic E-state index is 0.234. The molecule has 0 atom stereocenters. The molecule has 0 saturated carbocycles. The fraction of sp³-hybridized carbons (Fsp3) is 0.650. The van der Waals surface area contributed by atoms with Gasteiger partial charge in [-0.2, -0.15) is 0 Å². The molecule has 2 fully saturated rings. The van der Waals surface area contributed by atoms with Crippen molar-refractivity contribution in [1.82, 2.24) is 10.2 Å². The van der Waals surface area contributed by atoms with Crippen molar-refractivity contribution < 1.29 is 14.3 Å². The minimum Gasteiger partial charge on any atom is -0.493 e. The van der Waals surface area contributed by atoms with Gasteiger partial charge in [0.1, 0.15) is 5.75 Å². The molecule has 138 valence electrons. The molecule has 1 N–H and O–H groups in total. The molecule has 1 aromatic carbocycles. The van der Waals surface area contributed by atoms with Gasteiger partial charge in [0.15, 0.2) is 0 Å². The number of nitrogens with zero attached hydrogens (tertiary/aromatic N) is 1. The number of nitrogens with one attached hydrogen (secondary N) is 1. The highest BCUT2D eigenvalue weighted by Crippen LogP contribution is 2.19. The first-order valence-corrected chi connectivity index (χ1v) is 9.55. The van der Waals surface area contributed by atoms with E-state index in [-0.39, 0.29) is 5.91 Å². The van der Waals surface area contributed by atoms with E-state index in [1.54, 1.807) is 0 Å². The Balaban J connectivity index is 1.36. The number of carbonyl (C=O) groups is 1. The Morgan fingerprint density at radius 1 is 1.24 bits per heavy atom. The molecule has 5 heteroatoms. The van der Waals surface area contributed by atoms with Crippen LogP contribution >= 0.6 is 0 Å². The number of carbonyl (C=O) groups excluding carboxylic acids is 1. The average Bonchev–Trinajstić information content (AvgIpc) is 2.56. The van der Waals surface area contributed by atoms with Gasteiger partial charge < -0.3 is 19.7 Å². The van der Waals surface area contributed by atoms with Crippen molar-refractivity contribution in [1.29, 1.82) is 0 Å². The number of likely N-dealkylation sites (tertiary alicyclic amines) is 1. The monoisotopic (exact) mass is 346 g/mol. The second kappa shape index (κ2) is 9.20. The van der Waals surface area contributed by atoms with Gasteiger partial charge in [-0.05, 0) is 62.5 Å². The summed E-state index contributed by atoms with van der Waals surface area (Å²) in [6.07, 6.45) is 5.16. The molecule has 25 heavy (non-hydrogen) atoms. The Bertz CT molecular complexity index is 566. The Hall–Kier alpha value is -1.59. The quantitative estimate of drug-likeness (QED) is 0.734. The molecule has 1 aromatic rings. The van der Waals surface area contributed by atoms with Gasteiger partial charge in [-0.15, -0.1) is 0 Å². The van der Waals surface area contributed by atoms with Crippen molar-refractivity contribution in [3.63, 3.8) is 0 Å². The van der Waals surface area contributed by atoms with Crippen molar-refractivity contribution in [2.75, 3.05) is 39.4 Å². The van der Waals surface area contributed by atoms with Gasteiger partial charge in [0.2, 0.25) is 5.91 Å². The molecule has 2 heterocycles. The summed E-state index contributed by atoms with van der Waals surface area (Å²) in [5.41, 5.74) is 2.22. The molecule has 2 aliphatic heterocycles. The molecule has 0 bridgehead atoms. The van der Waals surface area contributed by atoms with Gasteiger partial charge >= 0.3 is 0 Å². The first-order valence-electron chi connectivity index (χ1n) is 9.55. The van der Waals surface area contributed by atoms with Gasteiger partial charge in [0.25, 0.3) is 0 Å². The fourth-order valence-corrected chi connectivity index (χ4v) is 3.26. The second-order valence-corrected chi connectivity index (χ2v) is 7.02. The summed E-state index contributed by atoms with van der Waals surface area (Å²) < 4.78 is 11.7. The molecule has 1 amide bonds. The van der Waals surface area contributed by atoms with Crippen LogP contribution in [0.5, 0.6) is 5.75 Å². The van der Waals surface area contributed by atoms with E-state index in [2.05, 4.69) is 5.32 Å². The van der Waals surface area contributed by atoms with E-state index in [9.17, 15) is 4.79 Å². The maximum absolute atomic E-state index is 12.1. The van der Waals surface area contributed by atoms with Crippen molar-refractivity contribution in [3.8, 4) is 5.75 Å². The molecular formula is C20H30N2O3. The van der Waals surface area contributed by atoms with Crippen LogP contribution in [-0.2, 0) is 16.0 Å². The van der Waals surface area contributed by atoms with Crippen LogP contribution in [-0.4, -0.2) is 56.3 Å². The molecular weight excluding hydrogens is 316 g/mol. The summed E-state index contributed by atoms with van der Waals surface area (Å²) in [4.78, 5) is 14.0. The van der Waals surface area contributed by atoms with Crippen LogP contribution in [0.25, 0.3) is 0 Å². The van der Waals surface area contributed by atoms with Crippen molar-refractivity contribution in [3.05, 3.63) is 29.3 Å². The Morgan fingerprint density at radius 3 is 2.72 bits per heavy atom. The van der Waals surface area contributed by atoms with Crippen LogP contribution in [0.3, 0.4) is 0 Å². The molecule has 3 rings (SSSR count). The zero-order valence-electron chi connectivity index (χ0n) is 15.3. The predicted octanol–water partition coefficient (Wildman–Crippen LogP) is 2.31. The van der Waals surface area contributed by atoms with Crippen LogP contribution in [0.15, 0.2) is 18.2 Å². The Labute approximate surface area is 150 Å². The van der Waals surface area contributed by atoms with E-state index in [4.69, 9.17) is 9.47 Å². The van der Waals surface area contributed by atoms with E-state index in [0.717, 1.165) is 75.3 Å². The first-order chi connectivity index (χ1) is 12.2. The Kier molecular flexibility index (Phi) is 6.70. The smallest absolute Gasteiger partial charge is 0.227 e. The molecule has 0 aromatic heterocycles. The average molecular weight is 346 g/mol. The standard InChI is InChI=1S/C20H30N2O3/c1-16-14-19(5-4-17(16)15-20(23)22-10-2-11-22)25-13-3-12-24-18-6-8-21-9-7-18/h4-5,14,18,21H,2-3,6-13,15H2,1H3. The van der Waals surface area contributed by atoms with Gasteiger partial charge in [-0.25, -0.2) is 0 Å². The third-order valence-corrected chi connectivity index (χ3v) is 5.06. The van der Waals surface area contributed by atoms with E-state index in [1.165, 1.54) is 0 Å². The second-order valence-electron chi connectivity index (χ2n) is 7.02. The summed E-state index contributed by atoms with van der Waals surface area (Å²) >= 11 is 0. The normalized spacial score (nSPS) is 18.0. The molecule has 2 saturated heterocycles. The third kappa shape index (κ3) is 5.44. The van der Waals surface area contributed by atoms with Crippen LogP contribution in [0.4, 0.5) is 0 Å². The maximum Gasteiger partial charge on any atom is 0.227 e. The number of rotatable bonds is 8. The van der Waals surface area contributed by atoms with E-state index >= 15 is 0 Å². The zero-order chi connectivity index (χ0) is 17.5. The number of hydrogen-bond acceptors (Lipinski definition) is 4. The van der Waals surface area contributed by atoms with Gasteiger partial charge in [0.05, 0.1) is 25.7 Å². The number of piperidine rings is 1. The van der Waals surface area contributed by atoms with E-state index in [1.807, 2.05) is 30.0 Å². The van der Waals surface area contributed by atoms with Crippen LogP contribution < -0.4 is 10.1 Å². The lowest BCUT2D eigenvalue weighted by molar-refractivity contribution is -0.133. The molecule has 5 nitrogen and oxygen atoms in total. The molecule has 2 aliphatic rings. The van der Waals surface area contributed by atoms with Crippen LogP contribution in [0.1, 0.15) is 36.8 Å². The van der Waals surface area contributed by atoms with E-state index < -0.39 is 0 Å². The number of ether oxygens (including phenoxy) is 2. The fourth-order valence-electron chi connectivity index (χ4n) is 3.26. The van der Waals surface area contributed by atoms with Crippen molar-refractivity contribution in [2.45, 2.75) is 45.1 Å². The molecule has 0 radical (unpaired) electrons. The minimum absolute atomic E-state index is 0.234. The highest BCUT2D eigenvalue weighted by atomic mass is 16.5. The zero-order valence-corrected chi connectivity index (χ0v) is 15.3. The number of aryl methyl sites for hydroxylation is 1. The predicted molar refractivity (Wildman–Crippen MR) is 98.0 cm³/mol. The lowest BCUT2D eigenvalue weighted by Gasteiger charge is -2.31. The highest BCUT2D eigenvalue weighted by molar-refractivity contribution is 5.79. The van der Waals surface area contributed by atoms with E-state index in [0.29, 0.717) is 19.1 Å². The Morgan fingerprint density at radius 2 is 2.04 bits per heavy atom. The van der Waals surface area contributed by atoms with Crippen LogP contribution in [0, 0.1) is 6.92 Å².